The highest BCUT2D eigenvalue weighted by molar-refractivity contribution is 9.10. The lowest BCUT2D eigenvalue weighted by Gasteiger charge is -2.08. The number of halogens is 2. The molecule has 0 saturated heterocycles. The molecular weight excluding hydrogens is 339 g/mol. The van der Waals surface area contributed by atoms with Gasteiger partial charge in [0.15, 0.2) is 0 Å². The lowest BCUT2D eigenvalue weighted by molar-refractivity contribution is -0.122. The van der Waals surface area contributed by atoms with E-state index in [0.29, 0.717) is 16.9 Å². The van der Waals surface area contributed by atoms with Gasteiger partial charge in [-0.05, 0) is 37.6 Å². The summed E-state index contributed by atoms with van der Waals surface area (Å²) < 4.78 is 15.5. The van der Waals surface area contributed by atoms with Gasteiger partial charge in [-0.3, -0.25) is 9.48 Å². The maximum Gasteiger partial charge on any atom is 0.242 e. The zero-order valence-corrected chi connectivity index (χ0v) is 13.4. The van der Waals surface area contributed by atoms with Gasteiger partial charge in [-0.15, -0.1) is 0 Å². The number of carbonyl (C=O) groups excluding carboxylic acids is 1. The Morgan fingerprint density at radius 3 is 2.81 bits per heavy atom. The number of rotatable bonds is 4. The molecule has 2 rings (SSSR count). The first-order valence-corrected chi connectivity index (χ1v) is 7.18. The molecule has 5 nitrogen and oxygen atoms in total. The van der Waals surface area contributed by atoms with E-state index in [1.165, 1.54) is 12.1 Å². The number of carbonyl (C=O) groups is 1. The number of hydrogen-bond donors (Lipinski definition) is 2. The molecule has 0 aliphatic rings. The van der Waals surface area contributed by atoms with Crippen LogP contribution in [0.2, 0.25) is 0 Å². The number of benzene rings is 1. The summed E-state index contributed by atoms with van der Waals surface area (Å²) in [5.41, 5.74) is 8.55. The van der Waals surface area contributed by atoms with Crippen LogP contribution in [0.4, 0.5) is 10.1 Å². The van der Waals surface area contributed by atoms with Gasteiger partial charge in [0.1, 0.15) is 12.4 Å². The lowest BCUT2D eigenvalue weighted by Crippen LogP contribution is -2.28. The second-order valence-corrected chi connectivity index (χ2v) is 5.61. The van der Waals surface area contributed by atoms with Crippen LogP contribution in [-0.4, -0.2) is 15.7 Å². The predicted octanol–water partition coefficient (Wildman–Crippen LogP) is 2.30. The van der Waals surface area contributed by atoms with E-state index in [-0.39, 0.29) is 24.8 Å². The molecule has 1 heterocycles. The predicted molar refractivity (Wildman–Crippen MR) is 82.1 cm³/mol. The third-order valence-corrected chi connectivity index (χ3v) is 3.99. The van der Waals surface area contributed by atoms with Crippen molar-refractivity contribution in [3.05, 3.63) is 45.4 Å². The maximum atomic E-state index is 13.2. The summed E-state index contributed by atoms with van der Waals surface area (Å²) in [6, 6.07) is 4.35. The van der Waals surface area contributed by atoms with Crippen LogP contribution in [0.1, 0.15) is 17.0 Å². The van der Waals surface area contributed by atoms with E-state index < -0.39 is 0 Å². The molecule has 0 atom stereocenters. The fourth-order valence-corrected chi connectivity index (χ4v) is 2.32. The zero-order valence-electron chi connectivity index (χ0n) is 11.8. The second-order valence-electron chi connectivity index (χ2n) is 4.75. The molecule has 2 aromatic rings. The van der Waals surface area contributed by atoms with E-state index in [9.17, 15) is 9.18 Å². The first-order chi connectivity index (χ1) is 9.88. The summed E-state index contributed by atoms with van der Waals surface area (Å²) in [5, 5.41) is 6.93. The third kappa shape index (κ3) is 3.60. The van der Waals surface area contributed by atoms with Crippen molar-refractivity contribution in [2.45, 2.75) is 26.9 Å². The number of nitrogens with zero attached hydrogens (tertiary/aromatic N) is 2. The molecule has 112 valence electrons. The Kier molecular flexibility index (Phi) is 4.62. The van der Waals surface area contributed by atoms with Crippen molar-refractivity contribution in [3.63, 3.8) is 0 Å². The van der Waals surface area contributed by atoms with Crippen LogP contribution >= 0.6 is 15.9 Å². The Labute approximate surface area is 130 Å². The van der Waals surface area contributed by atoms with Gasteiger partial charge in [-0.25, -0.2) is 4.39 Å². The van der Waals surface area contributed by atoms with E-state index in [1.54, 1.807) is 17.7 Å². The highest BCUT2D eigenvalue weighted by Crippen LogP contribution is 2.18. The fraction of sp³-hybridized carbons (Fsp3) is 0.286. The van der Waals surface area contributed by atoms with Crippen molar-refractivity contribution < 1.29 is 9.18 Å². The van der Waals surface area contributed by atoms with Gasteiger partial charge in [0, 0.05) is 11.0 Å². The van der Waals surface area contributed by atoms with Gasteiger partial charge in [0.2, 0.25) is 5.91 Å². The van der Waals surface area contributed by atoms with Crippen molar-refractivity contribution in [2.75, 3.05) is 5.73 Å². The van der Waals surface area contributed by atoms with Crippen molar-refractivity contribution in [1.82, 2.24) is 15.1 Å². The number of aromatic nitrogens is 2. The third-order valence-electron chi connectivity index (χ3n) is 3.21. The summed E-state index contributed by atoms with van der Waals surface area (Å²) in [5.74, 6) is -0.550. The van der Waals surface area contributed by atoms with Crippen LogP contribution in [-0.2, 0) is 17.9 Å². The quantitative estimate of drug-likeness (QED) is 0.884. The van der Waals surface area contributed by atoms with Crippen molar-refractivity contribution in [1.29, 1.82) is 0 Å². The van der Waals surface area contributed by atoms with E-state index in [1.807, 2.05) is 6.92 Å². The number of amides is 1. The molecule has 0 unspecified atom stereocenters. The lowest BCUT2D eigenvalue weighted by atomic mass is 10.2. The Morgan fingerprint density at radius 2 is 2.19 bits per heavy atom. The molecule has 7 heteroatoms. The summed E-state index contributed by atoms with van der Waals surface area (Å²) in [7, 11) is 0. The van der Waals surface area contributed by atoms with Gasteiger partial charge >= 0.3 is 0 Å². The molecule has 21 heavy (non-hydrogen) atoms. The zero-order chi connectivity index (χ0) is 15.6. The summed E-state index contributed by atoms with van der Waals surface area (Å²) in [4.78, 5) is 11.9. The Bertz CT molecular complexity index is 684. The summed E-state index contributed by atoms with van der Waals surface area (Å²) in [6.45, 7) is 3.93. The fourth-order valence-electron chi connectivity index (χ4n) is 1.93. The topological polar surface area (TPSA) is 72.9 Å². The van der Waals surface area contributed by atoms with Crippen LogP contribution < -0.4 is 11.1 Å². The van der Waals surface area contributed by atoms with Crippen LogP contribution in [0.3, 0.4) is 0 Å². The largest absolute Gasteiger partial charge is 0.396 e. The van der Waals surface area contributed by atoms with E-state index in [4.69, 9.17) is 5.73 Å². The molecular formula is C14H16BrFN4O. The standard InChI is InChI=1S/C14H16BrFN4O/c1-8-14(17)9(2)20(19-8)7-13(21)18-6-10-5-11(16)3-4-12(10)15/h3-5H,6-7,17H2,1-2H3,(H,18,21). The van der Waals surface area contributed by atoms with Gasteiger partial charge < -0.3 is 11.1 Å². The SMILES string of the molecule is Cc1nn(CC(=O)NCc2cc(F)ccc2Br)c(C)c1N. The van der Waals surface area contributed by atoms with Gasteiger partial charge in [0.05, 0.1) is 17.1 Å². The van der Waals surface area contributed by atoms with Crippen LogP contribution in [0, 0.1) is 19.7 Å². The van der Waals surface area contributed by atoms with Crippen molar-refractivity contribution in [3.8, 4) is 0 Å². The minimum atomic E-state index is -0.339. The molecule has 3 N–H and O–H groups in total. The highest BCUT2D eigenvalue weighted by Gasteiger charge is 2.11. The van der Waals surface area contributed by atoms with E-state index in [2.05, 4.69) is 26.3 Å². The number of hydrogen-bond acceptors (Lipinski definition) is 3. The molecule has 0 fully saturated rings. The monoisotopic (exact) mass is 354 g/mol. The van der Waals surface area contributed by atoms with Crippen molar-refractivity contribution >= 4 is 27.5 Å². The first-order valence-electron chi connectivity index (χ1n) is 6.38. The minimum Gasteiger partial charge on any atom is -0.396 e. The van der Waals surface area contributed by atoms with Gasteiger partial charge in [-0.1, -0.05) is 15.9 Å². The Hall–Kier alpha value is -1.89. The summed E-state index contributed by atoms with van der Waals surface area (Å²) >= 11 is 3.32. The number of anilines is 1. The average molecular weight is 355 g/mol. The first kappa shape index (κ1) is 15.5. The molecule has 0 bridgehead atoms. The molecule has 1 amide bonds. The van der Waals surface area contributed by atoms with Crippen LogP contribution in [0.25, 0.3) is 0 Å². The molecule has 0 radical (unpaired) electrons. The molecule has 0 aliphatic heterocycles. The number of aryl methyl sites for hydroxylation is 1. The number of nitrogen functional groups attached to an aromatic ring is 1. The Morgan fingerprint density at radius 1 is 1.48 bits per heavy atom. The minimum absolute atomic E-state index is 0.0802. The number of nitrogens with one attached hydrogen (secondary N) is 1. The van der Waals surface area contributed by atoms with Gasteiger partial charge in [0.25, 0.3) is 0 Å². The highest BCUT2D eigenvalue weighted by atomic mass is 79.9. The normalized spacial score (nSPS) is 10.7. The molecule has 1 aromatic heterocycles. The summed E-state index contributed by atoms with van der Waals surface area (Å²) in [6.07, 6.45) is 0. The Balaban J connectivity index is 1.99. The molecule has 0 saturated carbocycles. The van der Waals surface area contributed by atoms with E-state index >= 15 is 0 Å². The molecule has 0 aliphatic carbocycles. The van der Waals surface area contributed by atoms with Gasteiger partial charge in [-0.2, -0.15) is 5.10 Å². The molecule has 1 aromatic carbocycles. The average Bonchev–Trinajstić information content (AvgIpc) is 2.67. The smallest absolute Gasteiger partial charge is 0.242 e. The van der Waals surface area contributed by atoms with Crippen LogP contribution in [0.15, 0.2) is 22.7 Å². The number of nitrogens with two attached hydrogens (primary N) is 1. The van der Waals surface area contributed by atoms with Crippen LogP contribution in [0.5, 0.6) is 0 Å². The second kappa shape index (κ2) is 6.26. The maximum absolute atomic E-state index is 13.2. The van der Waals surface area contributed by atoms with E-state index in [0.717, 1.165) is 10.2 Å². The van der Waals surface area contributed by atoms with Crippen molar-refractivity contribution in [2.24, 2.45) is 0 Å². The molecule has 0 spiro atoms.